The summed E-state index contributed by atoms with van der Waals surface area (Å²) in [4.78, 5) is 16.7. The molecule has 8 heteroatoms. The smallest absolute Gasteiger partial charge is 0.341 e. The van der Waals surface area contributed by atoms with Crippen LogP contribution in [0.5, 0.6) is 0 Å². The number of benzene rings is 1. The van der Waals surface area contributed by atoms with Crippen LogP contribution in [0, 0.1) is 11.8 Å². The van der Waals surface area contributed by atoms with Gasteiger partial charge in [-0.25, -0.2) is 10.6 Å². The van der Waals surface area contributed by atoms with Crippen molar-refractivity contribution < 1.29 is 14.6 Å². The van der Waals surface area contributed by atoms with Crippen LogP contribution in [0.2, 0.25) is 0 Å². The fourth-order valence-electron chi connectivity index (χ4n) is 2.77. The van der Waals surface area contributed by atoms with Gasteiger partial charge in [-0.15, -0.1) is 0 Å². The second kappa shape index (κ2) is 8.50. The average molecular weight is 359 g/mol. The molecule has 0 bridgehead atoms. The number of esters is 1. The molecule has 0 amide bonds. The summed E-state index contributed by atoms with van der Waals surface area (Å²) in [5.74, 6) is 4.99. The Morgan fingerprint density at radius 3 is 2.77 bits per heavy atom. The summed E-state index contributed by atoms with van der Waals surface area (Å²) in [6.07, 6.45) is 3.56. The molecule has 1 aliphatic rings. The number of nitrogens with two attached hydrogens (primary N) is 3. The van der Waals surface area contributed by atoms with E-state index in [4.69, 9.17) is 22.0 Å². The van der Waals surface area contributed by atoms with Gasteiger partial charge in [0.25, 0.3) is 0 Å². The van der Waals surface area contributed by atoms with Gasteiger partial charge in [-0.2, -0.15) is 0 Å². The van der Waals surface area contributed by atoms with Crippen molar-refractivity contribution in [3.63, 3.8) is 0 Å². The lowest BCUT2D eigenvalue weighted by atomic mass is 10.0. The van der Waals surface area contributed by atoms with Crippen LogP contribution in [-0.4, -0.2) is 36.0 Å². The van der Waals surface area contributed by atoms with Gasteiger partial charge in [0.15, 0.2) is 0 Å². The van der Waals surface area contributed by atoms with Crippen molar-refractivity contribution in [3.05, 3.63) is 53.5 Å². The van der Waals surface area contributed by atoms with E-state index in [1.807, 2.05) is 0 Å². The quantitative estimate of drug-likeness (QED) is 0.183. The van der Waals surface area contributed by atoms with Crippen LogP contribution in [0.4, 0.5) is 5.69 Å². The molecule has 7 N–H and O–H groups in total. The van der Waals surface area contributed by atoms with Gasteiger partial charge in [0.2, 0.25) is 0 Å². The molecular formula is C18H25N5O3. The molecule has 2 atom stereocenters. The molecule has 0 heterocycles. The molecule has 1 aromatic carbocycles. The van der Waals surface area contributed by atoms with Crippen LogP contribution >= 0.6 is 0 Å². The van der Waals surface area contributed by atoms with Gasteiger partial charge in [0, 0.05) is 37.0 Å². The fourth-order valence-corrected chi connectivity index (χ4v) is 2.77. The Labute approximate surface area is 152 Å². The standard InChI is InChI=1S/C18H25N5O3/c1-23(21)9-16(20)13-7-14(13)17(15(8-19)18(25)26-2)22-12-5-3-4-11(6-12)10-24/h3-6,8-9,13-14,24H,7,10,19-21H2,1-2H3/b15-8?,16-9-,22-17?/t13?,14-/m1/s1. The number of hydrazine groups is 1. The summed E-state index contributed by atoms with van der Waals surface area (Å²) < 4.78 is 4.82. The van der Waals surface area contributed by atoms with E-state index < -0.39 is 5.97 Å². The lowest BCUT2D eigenvalue weighted by Crippen LogP contribution is -2.23. The summed E-state index contributed by atoms with van der Waals surface area (Å²) in [7, 11) is 2.97. The number of ether oxygens (including phenoxy) is 1. The zero-order valence-corrected chi connectivity index (χ0v) is 14.9. The van der Waals surface area contributed by atoms with Crippen molar-refractivity contribution in [2.24, 2.45) is 34.1 Å². The molecule has 0 saturated heterocycles. The van der Waals surface area contributed by atoms with Gasteiger partial charge in [-0.3, -0.25) is 4.99 Å². The maximum Gasteiger partial charge on any atom is 0.341 e. The van der Waals surface area contributed by atoms with Gasteiger partial charge in [-0.1, -0.05) is 12.1 Å². The summed E-state index contributed by atoms with van der Waals surface area (Å²) in [5.41, 5.74) is 14.4. The molecule has 8 nitrogen and oxygen atoms in total. The van der Waals surface area contributed by atoms with E-state index in [0.717, 1.165) is 12.0 Å². The van der Waals surface area contributed by atoms with Crippen molar-refractivity contribution >= 4 is 17.4 Å². The summed E-state index contributed by atoms with van der Waals surface area (Å²) in [6, 6.07) is 7.11. The van der Waals surface area contributed by atoms with E-state index in [2.05, 4.69) is 4.99 Å². The Morgan fingerprint density at radius 2 is 2.19 bits per heavy atom. The topological polar surface area (TPSA) is 140 Å². The normalized spacial score (nSPS) is 20.7. The van der Waals surface area contributed by atoms with Crippen LogP contribution in [0.1, 0.15) is 12.0 Å². The first-order chi connectivity index (χ1) is 12.4. The van der Waals surface area contributed by atoms with Crippen LogP contribution in [0.3, 0.4) is 0 Å². The fraction of sp³-hybridized carbons (Fsp3) is 0.333. The van der Waals surface area contributed by atoms with Crippen LogP contribution < -0.4 is 17.3 Å². The first-order valence-electron chi connectivity index (χ1n) is 8.15. The van der Waals surface area contributed by atoms with E-state index in [1.165, 1.54) is 18.3 Å². The number of nitrogens with zero attached hydrogens (tertiary/aromatic N) is 2. The van der Waals surface area contributed by atoms with Gasteiger partial charge >= 0.3 is 5.97 Å². The number of rotatable bonds is 7. The molecule has 0 aliphatic heterocycles. The molecule has 1 aliphatic carbocycles. The van der Waals surface area contributed by atoms with E-state index >= 15 is 0 Å². The van der Waals surface area contributed by atoms with Gasteiger partial charge in [0.05, 0.1) is 30.7 Å². The van der Waals surface area contributed by atoms with Crippen LogP contribution in [0.25, 0.3) is 0 Å². The highest BCUT2D eigenvalue weighted by Crippen LogP contribution is 2.45. The van der Waals surface area contributed by atoms with Crippen molar-refractivity contribution in [2.75, 3.05) is 14.2 Å². The van der Waals surface area contributed by atoms with Crippen molar-refractivity contribution in [1.29, 1.82) is 0 Å². The highest BCUT2D eigenvalue weighted by Gasteiger charge is 2.45. The number of allylic oxidation sites excluding steroid dienone is 1. The number of hydrogen-bond acceptors (Lipinski definition) is 8. The molecule has 1 saturated carbocycles. The maximum atomic E-state index is 12.1. The van der Waals surface area contributed by atoms with Gasteiger partial charge in [-0.05, 0) is 24.1 Å². The molecule has 140 valence electrons. The first kappa shape index (κ1) is 19.5. The summed E-state index contributed by atoms with van der Waals surface area (Å²) in [5, 5.41) is 10.7. The van der Waals surface area contributed by atoms with E-state index in [1.54, 1.807) is 37.5 Å². The Bertz CT molecular complexity index is 755. The molecule has 0 spiro atoms. The SMILES string of the molecule is COC(=O)C(=CN)C(=Nc1cccc(CO)c1)[C@@H]1CC1/C(N)=C/N(C)N. The highest BCUT2D eigenvalue weighted by molar-refractivity contribution is 6.22. The van der Waals surface area contributed by atoms with Crippen molar-refractivity contribution in [2.45, 2.75) is 13.0 Å². The monoisotopic (exact) mass is 359 g/mol. The predicted molar refractivity (Wildman–Crippen MR) is 99.6 cm³/mol. The number of aliphatic imine (C=N–C) groups is 1. The van der Waals surface area contributed by atoms with E-state index in [-0.39, 0.29) is 24.0 Å². The highest BCUT2D eigenvalue weighted by atomic mass is 16.5. The molecule has 1 unspecified atom stereocenters. The number of methoxy groups -OCH3 is 1. The number of carbonyl (C=O) groups is 1. The average Bonchev–Trinajstić information content (AvgIpc) is 3.41. The minimum atomic E-state index is -0.561. The van der Waals surface area contributed by atoms with E-state index in [0.29, 0.717) is 17.1 Å². The largest absolute Gasteiger partial charge is 0.465 e. The Kier molecular flexibility index (Phi) is 6.37. The zero-order valence-electron chi connectivity index (χ0n) is 14.9. The number of aliphatic hydroxyl groups excluding tert-OH is 1. The van der Waals surface area contributed by atoms with Crippen LogP contribution in [0.15, 0.2) is 52.9 Å². The minimum Gasteiger partial charge on any atom is -0.465 e. The minimum absolute atomic E-state index is 0.0142. The third-order valence-electron chi connectivity index (χ3n) is 4.11. The third kappa shape index (κ3) is 4.62. The molecule has 2 rings (SSSR count). The first-order valence-corrected chi connectivity index (χ1v) is 8.15. The van der Waals surface area contributed by atoms with Gasteiger partial charge in [0.1, 0.15) is 0 Å². The lowest BCUT2D eigenvalue weighted by Gasteiger charge is -2.11. The van der Waals surface area contributed by atoms with E-state index in [9.17, 15) is 9.90 Å². The summed E-state index contributed by atoms with van der Waals surface area (Å²) >= 11 is 0. The number of carbonyl (C=O) groups excluding carboxylic acids is 1. The number of hydrogen-bond donors (Lipinski definition) is 4. The van der Waals surface area contributed by atoms with Gasteiger partial charge < -0.3 is 26.3 Å². The predicted octanol–water partition coefficient (Wildman–Crippen LogP) is 0.509. The second-order valence-electron chi connectivity index (χ2n) is 6.14. The molecule has 1 fully saturated rings. The lowest BCUT2D eigenvalue weighted by molar-refractivity contribution is -0.135. The molecule has 0 aromatic heterocycles. The van der Waals surface area contributed by atoms with Crippen LogP contribution in [-0.2, 0) is 16.1 Å². The molecular weight excluding hydrogens is 334 g/mol. The maximum absolute atomic E-state index is 12.1. The third-order valence-corrected chi connectivity index (χ3v) is 4.11. The molecule has 0 radical (unpaired) electrons. The Balaban J connectivity index is 2.41. The van der Waals surface area contributed by atoms with Crippen molar-refractivity contribution in [3.8, 4) is 0 Å². The molecule has 26 heavy (non-hydrogen) atoms. The Hall–Kier alpha value is -2.84. The zero-order chi connectivity index (χ0) is 19.3. The number of aliphatic hydroxyl groups is 1. The second-order valence-corrected chi connectivity index (χ2v) is 6.14. The Morgan fingerprint density at radius 1 is 1.46 bits per heavy atom. The van der Waals surface area contributed by atoms with Crippen molar-refractivity contribution in [1.82, 2.24) is 5.01 Å². The summed E-state index contributed by atoms with van der Waals surface area (Å²) in [6.45, 7) is -0.0974. The molecule has 1 aromatic rings.